The van der Waals surface area contributed by atoms with E-state index in [0.717, 1.165) is 114 Å². The molecule has 1 saturated heterocycles. The van der Waals surface area contributed by atoms with E-state index in [4.69, 9.17) is 68.3 Å². The van der Waals surface area contributed by atoms with Gasteiger partial charge in [0, 0.05) is 192 Å². The largest absolute Gasteiger partial charge is 0.356 e. The standard InChI is InChI=1S/C20H22N4OS.C15H12ClN3OS.2C15H13N3OS.C13H10ClN3OS.C11H9Cl2N3OS.C11H10ClN3OS/c1-14-11-18(25)23-20(21-14)26-13-16-12-15-7-3-4-8-17(15)22-19(16)24-9-5-2-6-10-24;1-9-6-13(20)19-15(17-9)21-8-11-7-10-4-2-3-5-12(10)18-14(11)16;1-10-7-14(19)18-15(17-10)20-9-12-4-2-3-11-8-16-6-5-13(11)12;1-10-8-14(19)18-15(16-10)20-9-12-7-6-11-4-2-3-5-13(11)17-12;1-8-5-12(18)17-13(16-8)19-7-10-9(6-15)3-2-4-11(10)14;1-6-4-9(17)16-11(14-6)18-5-7-2-3-8(12)15-10(7)13;1-7-4-10(16)15-11(14-7)17-6-8-2-3-9(12)13-5-8/h3-4,7-8,11-12H,2,5-6,9-10,13H2,1H3,(H,21,23,25);2-7H,8H2,1H3,(H,17,19,20);2-8H,9H2,1H3,(H,17,18,19);2-8H,9H2,1H3,(H,16,18,19);2-5H,7H2,1H3,(H,16,17,18);2-4H,5H2,1H3,(H,14,16,17);2-5H,6H2,1H3,(H,14,15,16). The number of nitrogens with one attached hydrogen (secondary N) is 7. The molecule has 1 aliphatic heterocycles. The Labute approximate surface area is 862 Å². The predicted octanol–water partition coefficient (Wildman–Crippen LogP) is 21.7. The van der Waals surface area contributed by atoms with Gasteiger partial charge in [-0.2, -0.15) is 5.26 Å². The molecule has 141 heavy (non-hydrogen) atoms. The fourth-order valence-electron chi connectivity index (χ4n) is 13.6. The second-order valence-corrected chi connectivity index (χ2v) is 39.8. The summed E-state index contributed by atoms with van der Waals surface area (Å²) >= 11 is 39.8. The Bertz CT molecular complexity index is 7940. The van der Waals surface area contributed by atoms with E-state index in [1.807, 2.05) is 124 Å². The van der Waals surface area contributed by atoms with Crippen LogP contribution in [0.15, 0.2) is 295 Å². The highest BCUT2D eigenvalue weighted by Crippen LogP contribution is 2.34. The fraction of sp³-hybridized carbons (Fsp3) is 0.190. The molecular formula is C100H89Cl5N22O7S7. The third-order valence-corrected chi connectivity index (χ3v) is 27.9. The predicted molar refractivity (Wildman–Crippen MR) is 572 cm³/mol. The minimum absolute atomic E-state index is 0.104. The highest BCUT2D eigenvalue weighted by molar-refractivity contribution is 7.99. The molecule has 0 saturated carbocycles. The van der Waals surface area contributed by atoms with E-state index in [1.165, 1.54) is 149 Å². The first-order chi connectivity index (χ1) is 68.0. The summed E-state index contributed by atoms with van der Waals surface area (Å²) < 4.78 is 0. The number of hydrogen-bond acceptors (Lipinski definition) is 29. The molecule has 41 heteroatoms. The summed E-state index contributed by atoms with van der Waals surface area (Å²) in [4.78, 5) is 157. The number of aryl methyl sites for hydroxylation is 7. The van der Waals surface area contributed by atoms with Crippen LogP contribution in [0.1, 0.15) is 104 Å². The molecular weight excluding hydrogens is 2020 g/mol. The summed E-state index contributed by atoms with van der Waals surface area (Å²) in [5, 5.41) is 21.1. The third kappa shape index (κ3) is 33.5. The lowest BCUT2D eigenvalue weighted by molar-refractivity contribution is 0.573. The van der Waals surface area contributed by atoms with Crippen molar-refractivity contribution in [2.24, 2.45) is 0 Å². The lowest BCUT2D eigenvalue weighted by Crippen LogP contribution is -2.31. The molecule has 18 aromatic rings. The van der Waals surface area contributed by atoms with Gasteiger partial charge >= 0.3 is 0 Å². The highest BCUT2D eigenvalue weighted by atomic mass is 35.5. The average Bonchev–Trinajstić information content (AvgIpc) is 0.789. The quantitative estimate of drug-likeness (QED) is 0.0188. The summed E-state index contributed by atoms with van der Waals surface area (Å²) in [6.45, 7) is 14.7. The molecule has 718 valence electrons. The number of nitrogens with zero attached hydrogens (tertiary/aromatic N) is 15. The number of aromatic amines is 7. The van der Waals surface area contributed by atoms with Crippen LogP contribution < -0.4 is 43.8 Å². The number of para-hydroxylation sites is 3. The van der Waals surface area contributed by atoms with Gasteiger partial charge in [0.2, 0.25) is 0 Å². The number of anilines is 1. The van der Waals surface area contributed by atoms with E-state index in [2.05, 4.69) is 136 Å². The van der Waals surface area contributed by atoms with Crippen molar-refractivity contribution < 1.29 is 0 Å². The van der Waals surface area contributed by atoms with Gasteiger partial charge in [0.15, 0.2) is 36.1 Å². The highest BCUT2D eigenvalue weighted by Gasteiger charge is 2.20. The minimum Gasteiger partial charge on any atom is -0.356 e. The van der Waals surface area contributed by atoms with Gasteiger partial charge in [0.25, 0.3) is 38.9 Å². The average molecular weight is 2110 g/mol. The normalized spacial score (nSPS) is 11.4. The van der Waals surface area contributed by atoms with Crippen molar-refractivity contribution in [3.63, 3.8) is 0 Å². The van der Waals surface area contributed by atoms with Gasteiger partial charge in [-0.3, -0.25) is 43.5 Å². The number of hydrogen-bond donors (Lipinski definition) is 7. The zero-order valence-electron chi connectivity index (χ0n) is 76.7. The number of piperidine rings is 1. The van der Waals surface area contributed by atoms with Gasteiger partial charge in [0.05, 0.1) is 33.9 Å². The van der Waals surface area contributed by atoms with Crippen molar-refractivity contribution in [2.45, 2.75) is 144 Å². The maximum atomic E-state index is 11.7. The van der Waals surface area contributed by atoms with Crippen molar-refractivity contribution in [1.29, 1.82) is 5.26 Å². The van der Waals surface area contributed by atoms with Crippen molar-refractivity contribution in [3.05, 3.63) is 407 Å². The Morgan fingerprint density at radius 3 is 1.21 bits per heavy atom. The Morgan fingerprint density at radius 1 is 0.333 bits per heavy atom. The van der Waals surface area contributed by atoms with Crippen LogP contribution >= 0.6 is 140 Å². The van der Waals surface area contributed by atoms with Crippen LogP contribution in [0, 0.1) is 59.8 Å². The van der Waals surface area contributed by atoms with Crippen LogP contribution in [-0.4, -0.2) is 113 Å². The number of fused-ring (bicyclic) bond motifs is 4. The first-order valence-corrected chi connectivity index (χ1v) is 52.2. The summed E-state index contributed by atoms with van der Waals surface area (Å²) in [6, 6.07) is 65.3. The molecule has 0 atom stereocenters. The van der Waals surface area contributed by atoms with Crippen molar-refractivity contribution >= 4 is 190 Å². The Morgan fingerprint density at radius 2 is 0.738 bits per heavy atom. The summed E-state index contributed by atoms with van der Waals surface area (Å²) in [5.41, 5.74) is 14.3. The SMILES string of the molecule is Cc1cc(=O)[nH]c(SCc2c(Cl)cccc2C#N)n1.Cc1cc(=O)[nH]c(SCc2cc3ccccc3nc2Cl)n1.Cc1cc(=O)[nH]c(SCc2cc3ccccc3nc2N2CCCCC2)n1.Cc1cc(=O)[nH]c(SCc2ccc(Cl)nc2)n1.Cc1cc(=O)[nH]c(SCc2ccc(Cl)nc2Cl)n1.Cc1cc(=O)[nH]c(SCc2ccc3ccccc3n2)n1.Cc1cc(=O)[nH]c(SCc2cccc3cnccc23)n1. The topological polar surface area (TPSA) is 425 Å². The molecule has 0 aliphatic carbocycles. The summed E-state index contributed by atoms with van der Waals surface area (Å²) in [7, 11) is 0. The first-order valence-electron chi connectivity index (χ1n) is 43.4. The maximum absolute atomic E-state index is 11.7. The Balaban J connectivity index is 0.000000139. The number of nitriles is 1. The molecule has 0 spiro atoms. The number of H-pyrrole nitrogens is 7. The van der Waals surface area contributed by atoms with Crippen LogP contribution in [-0.2, 0) is 40.3 Å². The van der Waals surface area contributed by atoms with Gasteiger partial charge in [-0.1, -0.05) is 237 Å². The van der Waals surface area contributed by atoms with Crippen molar-refractivity contribution in [2.75, 3.05) is 18.0 Å². The van der Waals surface area contributed by atoms with Crippen LogP contribution in [0.4, 0.5) is 5.82 Å². The fourth-order valence-corrected chi connectivity index (χ4v) is 21.1. The van der Waals surface area contributed by atoms with Gasteiger partial charge in [-0.15, -0.1) is 0 Å². The zero-order valence-corrected chi connectivity index (χ0v) is 86.2. The second-order valence-electron chi connectivity index (χ2n) is 31.2. The zero-order chi connectivity index (χ0) is 99.9. The molecule has 0 amide bonds. The Hall–Kier alpha value is -12.6. The number of thioether (sulfide) groups is 7. The van der Waals surface area contributed by atoms with Gasteiger partial charge < -0.3 is 39.8 Å². The Kier molecular flexibility index (Phi) is 39.6. The van der Waals surface area contributed by atoms with E-state index in [0.29, 0.717) is 119 Å². The molecule has 29 nitrogen and oxygen atoms in total. The molecule has 5 aromatic carbocycles. The van der Waals surface area contributed by atoms with E-state index < -0.39 is 0 Å². The molecule has 19 rings (SSSR count). The van der Waals surface area contributed by atoms with Crippen LogP contribution in [0.25, 0.3) is 43.5 Å². The van der Waals surface area contributed by atoms with Gasteiger partial charge in [-0.05, 0) is 162 Å². The smallest absolute Gasteiger partial charge is 0.251 e. The van der Waals surface area contributed by atoms with E-state index in [9.17, 15) is 33.6 Å². The number of rotatable bonds is 22. The number of benzene rings is 5. The van der Waals surface area contributed by atoms with E-state index >= 15 is 0 Å². The number of aromatic nitrogens is 20. The van der Waals surface area contributed by atoms with Gasteiger partial charge in [-0.25, -0.2) is 54.8 Å². The third-order valence-electron chi connectivity index (χ3n) is 20.0. The van der Waals surface area contributed by atoms with Crippen molar-refractivity contribution in [1.82, 2.24) is 99.7 Å². The molecule has 1 fully saturated rings. The molecule has 14 heterocycles. The van der Waals surface area contributed by atoms with Crippen LogP contribution in [0.5, 0.6) is 0 Å². The molecule has 0 unspecified atom stereocenters. The number of halogens is 5. The monoisotopic (exact) mass is 2110 g/mol. The minimum atomic E-state index is -0.185. The maximum Gasteiger partial charge on any atom is 0.251 e. The van der Waals surface area contributed by atoms with Crippen LogP contribution in [0.2, 0.25) is 25.6 Å². The molecule has 13 aromatic heterocycles. The summed E-state index contributed by atoms with van der Waals surface area (Å²) in [5.74, 6) is 5.58. The lowest BCUT2D eigenvalue weighted by atomic mass is 10.1. The van der Waals surface area contributed by atoms with E-state index in [-0.39, 0.29) is 38.9 Å². The van der Waals surface area contributed by atoms with Gasteiger partial charge in [0.1, 0.15) is 26.4 Å². The second kappa shape index (κ2) is 52.8. The van der Waals surface area contributed by atoms with E-state index in [1.54, 1.807) is 88.2 Å². The molecule has 0 radical (unpaired) electrons. The van der Waals surface area contributed by atoms with Crippen LogP contribution in [0.3, 0.4) is 0 Å². The first kappa shape index (κ1) is 106. The van der Waals surface area contributed by atoms with Crippen molar-refractivity contribution in [3.8, 4) is 6.07 Å². The molecule has 1 aliphatic rings. The molecule has 7 N–H and O–H groups in total. The molecule has 0 bridgehead atoms. The summed E-state index contributed by atoms with van der Waals surface area (Å²) in [6.07, 6.45) is 9.09. The number of pyridine rings is 6. The lowest BCUT2D eigenvalue weighted by Gasteiger charge is -2.29.